The van der Waals surface area contributed by atoms with Crippen LogP contribution in [0.4, 0.5) is 8.78 Å². The first-order valence-corrected chi connectivity index (χ1v) is 10.2. The number of aliphatic hydroxyl groups excluding tert-OH is 2. The van der Waals surface area contributed by atoms with Gasteiger partial charge < -0.3 is 15.5 Å². The number of aromatic nitrogens is 3. The van der Waals surface area contributed by atoms with Crippen molar-refractivity contribution in [1.82, 2.24) is 19.9 Å². The Balaban J connectivity index is 0.00000193. The minimum absolute atomic E-state index is 0. The Morgan fingerprint density at radius 2 is 1.97 bits per heavy atom. The predicted octanol–water partition coefficient (Wildman–Crippen LogP) is 2.75. The van der Waals surface area contributed by atoms with E-state index in [1.54, 1.807) is 13.0 Å². The van der Waals surface area contributed by atoms with Crippen LogP contribution in [0.3, 0.4) is 0 Å². The fraction of sp³-hybridized carbons (Fsp3) is 0.409. The van der Waals surface area contributed by atoms with Gasteiger partial charge in [0.05, 0.1) is 36.3 Å². The lowest BCUT2D eigenvalue weighted by molar-refractivity contribution is 0.0539. The normalized spacial score (nSPS) is 18.9. The summed E-state index contributed by atoms with van der Waals surface area (Å²) >= 11 is 0. The van der Waals surface area contributed by atoms with Gasteiger partial charge in [-0.05, 0) is 62.6 Å². The fourth-order valence-corrected chi connectivity index (χ4v) is 4.00. The summed E-state index contributed by atoms with van der Waals surface area (Å²) in [6.07, 6.45) is 1.83. The van der Waals surface area contributed by atoms with Gasteiger partial charge in [0.1, 0.15) is 0 Å². The second kappa shape index (κ2) is 11.3. The quantitative estimate of drug-likeness (QED) is 0.495. The maximum absolute atomic E-state index is 13.7. The number of aliphatic hydroxyl groups is 2. The van der Waals surface area contributed by atoms with Gasteiger partial charge in [0.2, 0.25) is 0 Å². The van der Waals surface area contributed by atoms with Crippen molar-refractivity contribution < 1.29 is 19.0 Å². The Hall–Kier alpha value is -2.17. The van der Waals surface area contributed by atoms with Crippen LogP contribution in [0, 0.1) is 18.6 Å². The zero-order valence-corrected chi connectivity index (χ0v) is 19.5. The Bertz CT molecular complexity index is 1180. The average molecular weight is 503 g/mol. The molecule has 7 nitrogen and oxygen atoms in total. The van der Waals surface area contributed by atoms with Crippen molar-refractivity contribution in [1.29, 1.82) is 0 Å². The number of benzene rings is 1. The predicted molar refractivity (Wildman–Crippen MR) is 126 cm³/mol. The van der Waals surface area contributed by atoms with Gasteiger partial charge >= 0.3 is 0 Å². The molecule has 0 aliphatic carbocycles. The van der Waals surface area contributed by atoms with E-state index in [0.717, 1.165) is 25.1 Å². The molecule has 3 N–H and O–H groups in total. The smallest absolute Gasteiger partial charge is 0.279 e. The highest BCUT2D eigenvalue weighted by atomic mass is 35.5. The van der Waals surface area contributed by atoms with Crippen molar-refractivity contribution in [3.8, 4) is 11.3 Å². The summed E-state index contributed by atoms with van der Waals surface area (Å²) in [4.78, 5) is 21.7. The van der Waals surface area contributed by atoms with E-state index in [4.69, 9.17) is 0 Å². The van der Waals surface area contributed by atoms with Gasteiger partial charge in [0.15, 0.2) is 17.2 Å². The van der Waals surface area contributed by atoms with Crippen molar-refractivity contribution in [3.05, 3.63) is 58.1 Å². The zero-order chi connectivity index (χ0) is 22.1. The van der Waals surface area contributed by atoms with Crippen LogP contribution in [0.1, 0.15) is 24.8 Å². The van der Waals surface area contributed by atoms with Crippen LogP contribution in [-0.2, 0) is 6.54 Å². The number of nitrogens with one attached hydrogen (secondary N) is 1. The molecule has 1 aliphatic rings. The zero-order valence-electron chi connectivity index (χ0n) is 17.9. The van der Waals surface area contributed by atoms with E-state index in [1.165, 1.54) is 17.0 Å². The van der Waals surface area contributed by atoms with E-state index in [0.29, 0.717) is 35.2 Å². The topological polar surface area (TPSA) is 100 Å². The van der Waals surface area contributed by atoms with E-state index >= 15 is 0 Å². The summed E-state index contributed by atoms with van der Waals surface area (Å²) in [5, 5.41) is 23.7. The molecular weight excluding hydrogens is 477 g/mol. The third-order valence-corrected chi connectivity index (χ3v) is 5.67. The fourth-order valence-electron chi connectivity index (χ4n) is 4.00. The average Bonchev–Trinajstić information content (AvgIpc) is 2.74. The largest absolute Gasteiger partial charge is 0.392 e. The van der Waals surface area contributed by atoms with Crippen LogP contribution in [0.25, 0.3) is 22.3 Å². The molecule has 2 aromatic heterocycles. The molecule has 0 bridgehead atoms. The van der Waals surface area contributed by atoms with Crippen LogP contribution in [0.2, 0.25) is 0 Å². The van der Waals surface area contributed by atoms with Crippen LogP contribution < -0.4 is 10.9 Å². The number of nitrogens with zero attached hydrogens (tertiary/aromatic N) is 3. The summed E-state index contributed by atoms with van der Waals surface area (Å²) in [7, 11) is 0. The van der Waals surface area contributed by atoms with Crippen molar-refractivity contribution in [2.45, 2.75) is 51.0 Å². The van der Waals surface area contributed by atoms with Crippen LogP contribution in [0.15, 0.2) is 35.4 Å². The SMILES string of the molecule is Cc1cc(-c2ccc(F)c(F)c2)nc2c(=O)n(C[C@@H](O)C[C@H]3NCCC[C@@H]3O)cnc12.Cl.Cl. The minimum atomic E-state index is -0.998. The summed E-state index contributed by atoms with van der Waals surface area (Å²) < 4.78 is 28.2. The number of piperidine rings is 1. The Labute approximate surface area is 201 Å². The molecule has 0 unspecified atom stereocenters. The van der Waals surface area contributed by atoms with Crippen molar-refractivity contribution >= 4 is 35.8 Å². The van der Waals surface area contributed by atoms with Crippen LogP contribution in [-0.4, -0.2) is 49.5 Å². The van der Waals surface area contributed by atoms with Gasteiger partial charge in [-0.15, -0.1) is 24.8 Å². The molecule has 0 spiro atoms. The molecule has 0 saturated carbocycles. The number of halogens is 4. The van der Waals surface area contributed by atoms with Crippen molar-refractivity contribution in [2.75, 3.05) is 6.54 Å². The molecule has 1 aliphatic heterocycles. The van der Waals surface area contributed by atoms with E-state index in [9.17, 15) is 23.8 Å². The summed E-state index contributed by atoms with van der Waals surface area (Å²) in [5.41, 5.74) is 1.40. The second-order valence-electron chi connectivity index (χ2n) is 8.01. The number of hydrogen-bond donors (Lipinski definition) is 3. The number of pyridine rings is 1. The highest BCUT2D eigenvalue weighted by Gasteiger charge is 2.25. The van der Waals surface area contributed by atoms with Gasteiger partial charge in [0.25, 0.3) is 5.56 Å². The lowest BCUT2D eigenvalue weighted by atomic mass is 9.96. The summed E-state index contributed by atoms with van der Waals surface area (Å²) in [6, 6.07) is 4.87. The number of fused-ring (bicyclic) bond motifs is 1. The molecule has 4 rings (SSSR count). The maximum atomic E-state index is 13.7. The number of aryl methyl sites for hydroxylation is 1. The number of rotatable bonds is 5. The maximum Gasteiger partial charge on any atom is 0.279 e. The van der Waals surface area contributed by atoms with Crippen LogP contribution in [0.5, 0.6) is 0 Å². The first-order chi connectivity index (χ1) is 14.8. The molecule has 3 atom stereocenters. The molecule has 1 fully saturated rings. The van der Waals surface area contributed by atoms with Gasteiger partial charge in [0, 0.05) is 11.6 Å². The lowest BCUT2D eigenvalue weighted by Gasteiger charge is -2.30. The van der Waals surface area contributed by atoms with E-state index in [-0.39, 0.29) is 42.9 Å². The highest BCUT2D eigenvalue weighted by Crippen LogP contribution is 2.23. The molecular formula is C22H26Cl2F2N4O3. The van der Waals surface area contributed by atoms with Crippen molar-refractivity contribution in [2.24, 2.45) is 0 Å². The standard InChI is InChI=1S/C22H24F2N4O3.2ClH/c1-12-7-17(13-4-5-15(23)16(24)8-13)27-21-20(12)26-11-28(22(21)31)10-14(29)9-18-19(30)3-2-6-25-18;;/h4-5,7-8,11,14,18-19,25,29-30H,2-3,6,9-10H2,1H3;2*1H/t14-,18+,19-;;/m0../s1. The summed E-state index contributed by atoms with van der Waals surface area (Å²) in [6.45, 7) is 2.54. The van der Waals surface area contributed by atoms with Gasteiger partial charge in [-0.25, -0.2) is 18.7 Å². The molecule has 0 radical (unpaired) electrons. The van der Waals surface area contributed by atoms with Gasteiger partial charge in [-0.2, -0.15) is 0 Å². The second-order valence-corrected chi connectivity index (χ2v) is 8.01. The molecule has 0 amide bonds. The van der Waals surface area contributed by atoms with Crippen molar-refractivity contribution in [3.63, 3.8) is 0 Å². The Morgan fingerprint density at radius 1 is 1.21 bits per heavy atom. The molecule has 33 heavy (non-hydrogen) atoms. The van der Waals surface area contributed by atoms with E-state index in [1.807, 2.05) is 0 Å². The number of hydrogen-bond acceptors (Lipinski definition) is 6. The monoisotopic (exact) mass is 502 g/mol. The summed E-state index contributed by atoms with van der Waals surface area (Å²) in [5.74, 6) is -1.96. The van der Waals surface area contributed by atoms with Gasteiger partial charge in [-0.1, -0.05) is 0 Å². The molecule has 180 valence electrons. The lowest BCUT2D eigenvalue weighted by Crippen LogP contribution is -2.47. The third-order valence-electron chi connectivity index (χ3n) is 5.67. The third kappa shape index (κ3) is 5.85. The first kappa shape index (κ1) is 27.1. The Morgan fingerprint density at radius 3 is 2.67 bits per heavy atom. The molecule has 11 heteroatoms. The van der Waals surface area contributed by atoms with E-state index in [2.05, 4.69) is 15.3 Å². The highest BCUT2D eigenvalue weighted by molar-refractivity contribution is 5.85. The van der Waals surface area contributed by atoms with Gasteiger partial charge in [-0.3, -0.25) is 9.36 Å². The van der Waals surface area contributed by atoms with E-state index < -0.39 is 29.4 Å². The first-order valence-electron chi connectivity index (χ1n) is 10.2. The molecule has 1 aromatic carbocycles. The molecule has 3 heterocycles. The van der Waals surface area contributed by atoms with Crippen LogP contribution >= 0.6 is 24.8 Å². The molecule has 1 saturated heterocycles. The molecule has 3 aromatic rings. The minimum Gasteiger partial charge on any atom is -0.392 e. The Kier molecular flexibility index (Phi) is 9.28.